The normalized spacial score (nSPS) is 26.6. The zero-order chi connectivity index (χ0) is 9.41. The summed E-state index contributed by atoms with van der Waals surface area (Å²) >= 11 is 2.98. The Balaban J connectivity index is 2.62. The van der Waals surface area contributed by atoms with E-state index < -0.39 is 16.2 Å². The fraction of sp³-hybridized carbons (Fsp3) is 0.857. The number of halogens is 3. The van der Waals surface area contributed by atoms with Gasteiger partial charge in [0.05, 0.1) is 0 Å². The van der Waals surface area contributed by atoms with Crippen molar-refractivity contribution in [1.29, 1.82) is 0 Å². The maximum absolute atomic E-state index is 12.6. The molecule has 70 valence electrons. The predicted octanol–water partition coefficient (Wildman–Crippen LogP) is 2.41. The van der Waals surface area contributed by atoms with Crippen molar-refractivity contribution in [2.75, 3.05) is 0 Å². The summed E-state index contributed by atoms with van der Waals surface area (Å²) in [5, 5.41) is 8.68. The van der Waals surface area contributed by atoms with Crippen LogP contribution in [0.25, 0.3) is 0 Å². The fourth-order valence-corrected chi connectivity index (χ4v) is 1.62. The van der Waals surface area contributed by atoms with Gasteiger partial charge in [-0.3, -0.25) is 4.79 Å². The molecule has 0 aromatic rings. The second-order valence-electron chi connectivity index (χ2n) is 3.13. The van der Waals surface area contributed by atoms with Crippen LogP contribution in [0, 0.1) is 0 Å². The summed E-state index contributed by atoms with van der Waals surface area (Å²) < 4.78 is 24.1. The van der Waals surface area contributed by atoms with Crippen LogP contribution in [0.4, 0.5) is 8.78 Å². The van der Waals surface area contributed by atoms with Crippen molar-refractivity contribution in [2.24, 2.45) is 0 Å². The first-order valence-electron chi connectivity index (χ1n) is 3.66. The first kappa shape index (κ1) is 9.89. The van der Waals surface area contributed by atoms with Gasteiger partial charge >= 0.3 is 5.97 Å². The van der Waals surface area contributed by atoms with Gasteiger partial charge in [-0.15, -0.1) is 0 Å². The minimum absolute atomic E-state index is 0.00463. The zero-order valence-corrected chi connectivity index (χ0v) is 7.90. The van der Waals surface area contributed by atoms with E-state index >= 15 is 0 Å². The Morgan fingerprint density at radius 3 is 2.00 bits per heavy atom. The molecule has 1 N–H and O–H groups in total. The summed E-state index contributed by atoms with van der Waals surface area (Å²) in [4.78, 5) is 10.6. The molecular formula is C7H9BrF2O2. The van der Waals surface area contributed by atoms with Crippen LogP contribution in [0.3, 0.4) is 0 Å². The Labute approximate surface area is 77.1 Å². The molecule has 0 radical (unpaired) electrons. The van der Waals surface area contributed by atoms with E-state index in [9.17, 15) is 13.6 Å². The molecule has 0 spiro atoms. The molecule has 12 heavy (non-hydrogen) atoms. The second-order valence-corrected chi connectivity index (χ2v) is 4.64. The van der Waals surface area contributed by atoms with E-state index in [0.29, 0.717) is 0 Å². The molecule has 0 atom stereocenters. The summed E-state index contributed by atoms with van der Waals surface area (Å²) in [5.41, 5.74) is 0. The summed E-state index contributed by atoms with van der Waals surface area (Å²) in [6.45, 7) is 0. The minimum Gasteiger partial charge on any atom is -0.480 e. The number of aliphatic carboxylic acids is 1. The van der Waals surface area contributed by atoms with Crippen LogP contribution in [0.15, 0.2) is 0 Å². The molecular weight excluding hydrogens is 234 g/mol. The van der Waals surface area contributed by atoms with Crippen molar-refractivity contribution in [1.82, 2.24) is 0 Å². The van der Waals surface area contributed by atoms with E-state index in [-0.39, 0.29) is 25.7 Å². The Kier molecular flexibility index (Phi) is 2.42. The lowest BCUT2D eigenvalue weighted by Gasteiger charge is -2.31. The Bertz CT molecular complexity index is 196. The average molecular weight is 243 g/mol. The molecule has 0 heterocycles. The first-order chi connectivity index (χ1) is 5.36. The van der Waals surface area contributed by atoms with Gasteiger partial charge in [-0.2, -0.15) is 0 Å². The van der Waals surface area contributed by atoms with Gasteiger partial charge in [-0.25, -0.2) is 8.78 Å². The van der Waals surface area contributed by atoms with Gasteiger partial charge in [0.2, 0.25) is 5.92 Å². The average Bonchev–Trinajstić information content (AvgIpc) is 1.96. The van der Waals surface area contributed by atoms with Crippen molar-refractivity contribution in [3.05, 3.63) is 0 Å². The van der Waals surface area contributed by atoms with Crippen LogP contribution >= 0.6 is 15.9 Å². The lowest BCUT2D eigenvalue weighted by atomic mass is 9.87. The van der Waals surface area contributed by atoms with Crippen LogP contribution in [-0.4, -0.2) is 21.3 Å². The quantitative estimate of drug-likeness (QED) is 0.718. The van der Waals surface area contributed by atoms with Crippen molar-refractivity contribution < 1.29 is 18.7 Å². The van der Waals surface area contributed by atoms with Crippen LogP contribution in [0.1, 0.15) is 25.7 Å². The number of carbonyl (C=O) groups is 1. The van der Waals surface area contributed by atoms with Crippen molar-refractivity contribution in [3.8, 4) is 0 Å². The van der Waals surface area contributed by atoms with E-state index in [1.165, 1.54) is 0 Å². The number of hydrogen-bond donors (Lipinski definition) is 1. The molecule has 5 heteroatoms. The monoisotopic (exact) mass is 242 g/mol. The minimum atomic E-state index is -2.67. The number of carboxylic acid groups (broad SMARTS) is 1. The molecule has 0 aromatic carbocycles. The highest BCUT2D eigenvalue weighted by Gasteiger charge is 2.46. The summed E-state index contributed by atoms with van der Waals surface area (Å²) in [7, 11) is 0. The summed E-state index contributed by atoms with van der Waals surface area (Å²) in [6, 6.07) is 0. The fourth-order valence-electron chi connectivity index (χ4n) is 1.23. The van der Waals surface area contributed by atoms with E-state index in [1.54, 1.807) is 0 Å². The van der Waals surface area contributed by atoms with Crippen LogP contribution < -0.4 is 0 Å². The van der Waals surface area contributed by atoms with Gasteiger partial charge in [0.1, 0.15) is 4.32 Å². The largest absolute Gasteiger partial charge is 0.480 e. The molecule has 0 unspecified atom stereocenters. The SMILES string of the molecule is O=C(O)C1(Br)CCC(F)(F)CC1. The molecule has 1 aliphatic carbocycles. The number of alkyl halides is 3. The van der Waals surface area contributed by atoms with Gasteiger partial charge in [0.25, 0.3) is 0 Å². The lowest BCUT2D eigenvalue weighted by molar-refractivity contribution is -0.142. The molecule has 1 fully saturated rings. The number of rotatable bonds is 1. The van der Waals surface area contributed by atoms with Gasteiger partial charge < -0.3 is 5.11 Å². The van der Waals surface area contributed by atoms with Crippen LogP contribution in [0.2, 0.25) is 0 Å². The highest BCUT2D eigenvalue weighted by molar-refractivity contribution is 9.10. The molecule has 0 bridgehead atoms. The van der Waals surface area contributed by atoms with Gasteiger partial charge in [0, 0.05) is 12.8 Å². The molecule has 2 nitrogen and oxygen atoms in total. The van der Waals surface area contributed by atoms with Gasteiger partial charge in [-0.1, -0.05) is 15.9 Å². The smallest absolute Gasteiger partial charge is 0.320 e. The van der Waals surface area contributed by atoms with Crippen molar-refractivity contribution in [3.63, 3.8) is 0 Å². The Hall–Kier alpha value is -0.190. The first-order valence-corrected chi connectivity index (χ1v) is 4.45. The van der Waals surface area contributed by atoms with Gasteiger partial charge in [-0.05, 0) is 12.8 Å². The Morgan fingerprint density at radius 2 is 1.67 bits per heavy atom. The molecule has 1 saturated carbocycles. The maximum atomic E-state index is 12.6. The van der Waals surface area contributed by atoms with E-state index in [0.717, 1.165) is 0 Å². The van der Waals surface area contributed by atoms with Crippen molar-refractivity contribution in [2.45, 2.75) is 35.9 Å². The second kappa shape index (κ2) is 2.94. The van der Waals surface area contributed by atoms with E-state index in [1.807, 2.05) is 0 Å². The third-order valence-corrected chi connectivity index (χ3v) is 3.29. The molecule has 1 aliphatic rings. The summed E-state index contributed by atoms with van der Waals surface area (Å²) in [5.74, 6) is -3.72. The van der Waals surface area contributed by atoms with Crippen LogP contribution in [-0.2, 0) is 4.79 Å². The Morgan fingerprint density at radius 1 is 1.25 bits per heavy atom. The van der Waals surface area contributed by atoms with Gasteiger partial charge in [0.15, 0.2) is 0 Å². The summed E-state index contributed by atoms with van der Waals surface area (Å²) in [6.07, 6.45) is -0.695. The zero-order valence-electron chi connectivity index (χ0n) is 6.32. The van der Waals surface area contributed by atoms with Crippen molar-refractivity contribution >= 4 is 21.9 Å². The molecule has 0 saturated heterocycles. The number of carboxylic acids is 1. The van der Waals surface area contributed by atoms with Crippen LogP contribution in [0.5, 0.6) is 0 Å². The van der Waals surface area contributed by atoms with E-state index in [4.69, 9.17) is 5.11 Å². The maximum Gasteiger partial charge on any atom is 0.320 e. The predicted molar refractivity (Wildman–Crippen MR) is 42.7 cm³/mol. The number of hydrogen-bond acceptors (Lipinski definition) is 1. The molecule has 0 aromatic heterocycles. The highest BCUT2D eigenvalue weighted by atomic mass is 79.9. The molecule has 0 aliphatic heterocycles. The topological polar surface area (TPSA) is 37.3 Å². The lowest BCUT2D eigenvalue weighted by Crippen LogP contribution is -2.39. The third kappa shape index (κ3) is 1.94. The molecule has 0 amide bonds. The third-order valence-electron chi connectivity index (χ3n) is 2.16. The van der Waals surface area contributed by atoms with E-state index in [2.05, 4.69) is 15.9 Å². The highest BCUT2D eigenvalue weighted by Crippen LogP contribution is 2.43. The molecule has 1 rings (SSSR count). The standard InChI is InChI=1S/C7H9BrF2O2/c8-6(5(11)12)1-3-7(9,10)4-2-6/h1-4H2,(H,11,12).